The van der Waals surface area contributed by atoms with Crippen LogP contribution in [0.3, 0.4) is 0 Å². The Morgan fingerprint density at radius 3 is 2.45 bits per heavy atom. The van der Waals surface area contributed by atoms with Gasteiger partial charge >= 0.3 is 6.18 Å². The highest BCUT2D eigenvalue weighted by Gasteiger charge is 2.29. The summed E-state index contributed by atoms with van der Waals surface area (Å²) >= 11 is 0. The van der Waals surface area contributed by atoms with E-state index in [1.165, 1.54) is 19.2 Å². The molecule has 0 spiro atoms. The maximum absolute atomic E-state index is 13.2. The minimum atomic E-state index is -4.33. The van der Waals surface area contributed by atoms with Gasteiger partial charge in [0, 0.05) is 56.2 Å². The van der Waals surface area contributed by atoms with Crippen molar-refractivity contribution in [3.63, 3.8) is 0 Å². The number of sulfone groups is 1. The lowest BCUT2D eigenvalue weighted by Gasteiger charge is -2.38. The molecular formula is C31H39F3N4O5S. The van der Waals surface area contributed by atoms with Crippen LogP contribution in [-0.4, -0.2) is 87.7 Å². The number of alkyl halides is 3. The number of fused-ring (bicyclic) bond motifs is 1. The first-order chi connectivity index (χ1) is 20.8. The summed E-state index contributed by atoms with van der Waals surface area (Å²) in [6.07, 6.45) is -3.58. The minimum Gasteiger partial charge on any atom is -0.495 e. The molecule has 1 aliphatic heterocycles. The molecule has 0 bridgehead atoms. The first kappa shape index (κ1) is 33.5. The van der Waals surface area contributed by atoms with Gasteiger partial charge in [-0.2, -0.15) is 13.2 Å². The second kappa shape index (κ2) is 14.1. The Bertz CT molecular complexity index is 1600. The van der Waals surface area contributed by atoms with Crippen LogP contribution in [0.25, 0.3) is 10.9 Å². The number of nitrogens with zero attached hydrogens (tertiary/aromatic N) is 2. The third kappa shape index (κ3) is 8.38. The van der Waals surface area contributed by atoms with E-state index in [9.17, 15) is 26.7 Å². The Morgan fingerprint density at radius 2 is 1.84 bits per heavy atom. The number of halogens is 3. The maximum Gasteiger partial charge on any atom is 0.390 e. The fourth-order valence-corrected chi connectivity index (χ4v) is 6.12. The molecule has 0 amide bonds. The number of anilines is 2. The average Bonchev–Trinajstić information content (AvgIpc) is 3.32. The van der Waals surface area contributed by atoms with Crippen LogP contribution in [0.4, 0.5) is 24.5 Å². The zero-order valence-electron chi connectivity index (χ0n) is 25.2. The number of aryl methyl sites for hydroxylation is 1. The monoisotopic (exact) mass is 636 g/mol. The lowest BCUT2D eigenvalue weighted by atomic mass is 10.0. The van der Waals surface area contributed by atoms with Crippen LogP contribution in [0, 0.1) is 11.8 Å². The molecule has 2 heterocycles. The predicted octanol–water partition coefficient (Wildman–Crippen LogP) is 4.70. The summed E-state index contributed by atoms with van der Waals surface area (Å²) in [5, 5.41) is 17.5. The standard InChI is InChI=1S/C31H39F3N4O5S/c1-21(39)30(43-3)37-16-12-22(13-17-37)36-26-8-5-9-28-25(26)19-23(38(28)18-14-31(32,33)34)7-6-15-35-27-11-10-24(44(4,40)41)20-29(27)42-2/h5,8-11,19-22,30,35-36,39H,12-18H2,1-4H3. The molecule has 44 heavy (non-hydrogen) atoms. The van der Waals surface area contributed by atoms with Crippen molar-refractivity contribution in [3.05, 3.63) is 48.2 Å². The number of hydrogen-bond donors (Lipinski definition) is 3. The molecule has 3 N–H and O–H groups in total. The Balaban J connectivity index is 1.54. The average molecular weight is 637 g/mol. The van der Waals surface area contributed by atoms with Crippen molar-refractivity contribution in [1.29, 1.82) is 0 Å². The lowest BCUT2D eigenvalue weighted by molar-refractivity contribution is -0.136. The highest BCUT2D eigenvalue weighted by molar-refractivity contribution is 7.90. The van der Waals surface area contributed by atoms with Gasteiger partial charge in [0.15, 0.2) is 9.84 Å². The second-order valence-corrected chi connectivity index (χ2v) is 12.9. The Labute approximate surface area is 256 Å². The highest BCUT2D eigenvalue weighted by Crippen LogP contribution is 2.31. The van der Waals surface area contributed by atoms with Crippen LogP contribution in [0.15, 0.2) is 47.4 Å². The molecule has 1 saturated heterocycles. The lowest BCUT2D eigenvalue weighted by Crippen LogP contribution is -2.49. The van der Waals surface area contributed by atoms with Crippen molar-refractivity contribution < 1.29 is 36.2 Å². The topological polar surface area (TPSA) is 105 Å². The number of likely N-dealkylation sites (tertiary alicyclic amines) is 1. The summed E-state index contributed by atoms with van der Waals surface area (Å²) in [6.45, 7) is 3.04. The molecule has 2 atom stereocenters. The number of hydrogen-bond acceptors (Lipinski definition) is 8. The van der Waals surface area contributed by atoms with E-state index in [1.807, 2.05) is 18.2 Å². The highest BCUT2D eigenvalue weighted by atomic mass is 32.2. The largest absolute Gasteiger partial charge is 0.495 e. The minimum absolute atomic E-state index is 0.120. The molecule has 1 aliphatic rings. The molecular weight excluding hydrogens is 597 g/mol. The maximum atomic E-state index is 13.2. The van der Waals surface area contributed by atoms with Crippen LogP contribution in [0.5, 0.6) is 5.75 Å². The van der Waals surface area contributed by atoms with E-state index in [0.717, 1.165) is 43.3 Å². The molecule has 240 valence electrons. The zero-order chi connectivity index (χ0) is 32.1. The van der Waals surface area contributed by atoms with Gasteiger partial charge in [-0.15, -0.1) is 0 Å². The molecule has 2 unspecified atom stereocenters. The number of ether oxygens (including phenoxy) is 2. The summed E-state index contributed by atoms with van der Waals surface area (Å²) in [6, 6.07) is 12.0. The number of aliphatic hydroxyl groups excluding tert-OH is 1. The normalized spacial score (nSPS) is 16.3. The second-order valence-electron chi connectivity index (χ2n) is 10.9. The van der Waals surface area contributed by atoms with Crippen molar-refractivity contribution in [2.24, 2.45) is 0 Å². The van der Waals surface area contributed by atoms with Crippen molar-refractivity contribution in [3.8, 4) is 17.6 Å². The van der Waals surface area contributed by atoms with E-state index in [1.54, 1.807) is 30.7 Å². The molecule has 1 fully saturated rings. The number of rotatable bonds is 11. The van der Waals surface area contributed by atoms with E-state index in [4.69, 9.17) is 9.47 Å². The number of aliphatic hydroxyl groups is 1. The number of piperidine rings is 1. The van der Waals surface area contributed by atoms with Gasteiger partial charge in [-0.05, 0) is 56.0 Å². The van der Waals surface area contributed by atoms with Crippen molar-refractivity contribution in [2.45, 2.75) is 62.2 Å². The summed E-state index contributed by atoms with van der Waals surface area (Å²) in [5.74, 6) is 6.34. The van der Waals surface area contributed by atoms with Crippen LogP contribution >= 0.6 is 0 Å². The Morgan fingerprint density at radius 1 is 1.11 bits per heavy atom. The van der Waals surface area contributed by atoms with Crippen molar-refractivity contribution in [2.75, 3.05) is 50.7 Å². The molecule has 0 radical (unpaired) electrons. The summed E-state index contributed by atoms with van der Waals surface area (Å²) in [4.78, 5) is 2.23. The quantitative estimate of drug-likeness (QED) is 0.261. The first-order valence-electron chi connectivity index (χ1n) is 14.3. The van der Waals surface area contributed by atoms with Gasteiger partial charge in [-0.25, -0.2) is 8.42 Å². The molecule has 4 rings (SSSR count). The number of nitrogens with one attached hydrogen (secondary N) is 2. The van der Waals surface area contributed by atoms with Gasteiger partial charge in [0.1, 0.15) is 12.0 Å². The van der Waals surface area contributed by atoms with E-state index >= 15 is 0 Å². The van der Waals surface area contributed by atoms with Gasteiger partial charge in [-0.3, -0.25) is 4.90 Å². The molecule has 1 aromatic heterocycles. The van der Waals surface area contributed by atoms with Crippen LogP contribution in [0.2, 0.25) is 0 Å². The SMILES string of the molecule is COc1cc(S(C)(=O)=O)ccc1NCC#Cc1cc2c(NC3CCN(C(OC)C(C)O)CC3)cccc2n1CCC(F)(F)F. The smallest absolute Gasteiger partial charge is 0.390 e. The third-order valence-electron chi connectivity index (χ3n) is 7.65. The summed E-state index contributed by atoms with van der Waals surface area (Å²) < 4.78 is 75.8. The molecule has 3 aromatic rings. The van der Waals surface area contributed by atoms with Crippen LogP contribution < -0.4 is 15.4 Å². The number of aromatic nitrogens is 1. The van der Waals surface area contributed by atoms with Crippen molar-refractivity contribution in [1.82, 2.24) is 9.47 Å². The zero-order valence-corrected chi connectivity index (χ0v) is 26.1. The van der Waals surface area contributed by atoms with Crippen LogP contribution in [0.1, 0.15) is 31.9 Å². The predicted molar refractivity (Wildman–Crippen MR) is 165 cm³/mol. The number of benzene rings is 2. The van der Waals surface area contributed by atoms with Gasteiger partial charge in [-0.1, -0.05) is 12.0 Å². The van der Waals surface area contributed by atoms with E-state index < -0.39 is 28.5 Å². The van der Waals surface area contributed by atoms with Gasteiger partial charge < -0.3 is 29.8 Å². The van der Waals surface area contributed by atoms with Gasteiger partial charge in [0.25, 0.3) is 0 Å². The van der Waals surface area contributed by atoms with E-state index in [-0.39, 0.29) is 30.3 Å². The van der Waals surface area contributed by atoms with E-state index in [2.05, 4.69) is 27.4 Å². The summed E-state index contributed by atoms with van der Waals surface area (Å²) in [7, 11) is -0.401. The van der Waals surface area contributed by atoms with Gasteiger partial charge in [0.05, 0.1) is 48.0 Å². The fourth-order valence-electron chi connectivity index (χ4n) is 5.49. The third-order valence-corrected chi connectivity index (χ3v) is 8.76. The summed E-state index contributed by atoms with van der Waals surface area (Å²) in [5.41, 5.74) is 2.46. The first-order valence-corrected chi connectivity index (χ1v) is 16.2. The number of methoxy groups -OCH3 is 2. The van der Waals surface area contributed by atoms with Crippen molar-refractivity contribution >= 4 is 32.1 Å². The Hall–Kier alpha value is -3.44. The molecule has 9 nitrogen and oxygen atoms in total. The molecule has 0 aliphatic carbocycles. The van der Waals surface area contributed by atoms with Gasteiger partial charge in [0.2, 0.25) is 0 Å². The Kier molecular flexibility index (Phi) is 10.7. The van der Waals surface area contributed by atoms with E-state index in [0.29, 0.717) is 22.6 Å². The molecule has 13 heteroatoms. The molecule has 0 saturated carbocycles. The van der Waals surface area contributed by atoms with Crippen LogP contribution in [-0.2, 0) is 21.1 Å². The fraction of sp³-hybridized carbons (Fsp3) is 0.484. The molecule has 2 aromatic carbocycles.